The fourth-order valence-electron chi connectivity index (χ4n) is 9.22. The van der Waals surface area contributed by atoms with Crippen molar-refractivity contribution < 1.29 is 14.2 Å². The molecular weight excluding hydrogens is 627 g/mol. The topological polar surface area (TPSA) is 40.4 Å². The molecule has 4 heterocycles. The van der Waals surface area contributed by atoms with Gasteiger partial charge in [0.15, 0.2) is 12.4 Å². The van der Waals surface area contributed by atoms with Crippen LogP contribution in [0.1, 0.15) is 120 Å². The molecule has 2 aromatic heterocycles. The van der Waals surface area contributed by atoms with Crippen LogP contribution in [0.25, 0.3) is 22.5 Å². The highest BCUT2D eigenvalue weighted by Crippen LogP contribution is 2.46. The maximum absolute atomic E-state index is 11.3. The number of aliphatic imine (C=N–C) groups is 1. The molecule has 3 atom stereocenters. The van der Waals surface area contributed by atoms with Gasteiger partial charge in [0, 0.05) is 40.2 Å². The van der Waals surface area contributed by atoms with Crippen molar-refractivity contribution in [2.45, 2.75) is 130 Å². The smallest absolute Gasteiger partial charge is 0.249 e. The van der Waals surface area contributed by atoms with Crippen LogP contribution in [0.5, 0.6) is 0 Å². The van der Waals surface area contributed by atoms with Crippen molar-refractivity contribution in [2.75, 3.05) is 6.61 Å². The molecule has 6 rings (SSSR count). The third kappa shape index (κ3) is 7.32. The summed E-state index contributed by atoms with van der Waals surface area (Å²) >= 11 is 0. The molecule has 5 heteroatoms. The largest absolute Gasteiger partial charge is 0.391 e. The zero-order valence-electron chi connectivity index (χ0n) is 32.1. The minimum atomic E-state index is -1.68. The highest BCUT2D eigenvalue weighted by molar-refractivity contribution is 6.89. The third-order valence-electron chi connectivity index (χ3n) is 11.6. The Kier molecular flexibility index (Phi) is 11.0. The summed E-state index contributed by atoms with van der Waals surface area (Å²) in [4.78, 5) is 5.06. The van der Waals surface area contributed by atoms with Crippen LogP contribution in [0.2, 0.25) is 19.6 Å². The Hall–Kier alpha value is -3.41. The predicted molar refractivity (Wildman–Crippen MR) is 214 cm³/mol. The van der Waals surface area contributed by atoms with Crippen molar-refractivity contribution in [2.24, 2.45) is 10.9 Å². The fraction of sp³-hybridized carbons (Fsp3) is 0.489. The standard InChI is InChI=1S/C45H61N3OSi/c1-10-15-31(4)46-32(5)24-36-20-21-39-37-18-13-14-19-38(37)43-27-40(30(2)3)44(50(7,8)9)28-48(43)45(39)33(6)47-23-22-35(25-34-16-11-12-17-34)26-42(47)41(36)29-49/h10,13-15,18-19,22-23,26-28,30,32,34,39,45,49H,6,11-12,16-17,20-21,24-25,29H2,1-5,7-9H3/q+2/b15-10-,41-36+,46-31?. The van der Waals surface area contributed by atoms with Crippen LogP contribution in [-0.2, 0) is 6.42 Å². The van der Waals surface area contributed by atoms with Gasteiger partial charge < -0.3 is 5.11 Å². The zero-order valence-corrected chi connectivity index (χ0v) is 33.1. The third-order valence-corrected chi connectivity index (χ3v) is 13.6. The van der Waals surface area contributed by atoms with E-state index in [1.165, 1.54) is 64.4 Å². The molecule has 264 valence electrons. The van der Waals surface area contributed by atoms with Gasteiger partial charge >= 0.3 is 0 Å². The van der Waals surface area contributed by atoms with Crippen LogP contribution < -0.4 is 14.3 Å². The van der Waals surface area contributed by atoms with E-state index in [2.05, 4.69) is 123 Å². The van der Waals surface area contributed by atoms with Crippen LogP contribution in [0, 0.1) is 5.92 Å². The molecule has 0 bridgehead atoms. The van der Waals surface area contributed by atoms with Gasteiger partial charge in [-0.15, -0.1) is 0 Å². The molecule has 0 amide bonds. The van der Waals surface area contributed by atoms with E-state index in [0.717, 1.165) is 54.3 Å². The number of aliphatic hydroxyl groups excluding tert-OH is 1. The van der Waals surface area contributed by atoms with Crippen LogP contribution in [0.15, 0.2) is 84.2 Å². The van der Waals surface area contributed by atoms with E-state index in [9.17, 15) is 5.11 Å². The zero-order chi connectivity index (χ0) is 35.7. The number of nitrogens with zero attached hydrogens (tertiary/aromatic N) is 3. The van der Waals surface area contributed by atoms with Gasteiger partial charge in [0.2, 0.25) is 23.1 Å². The molecule has 0 saturated heterocycles. The summed E-state index contributed by atoms with van der Waals surface area (Å²) in [5, 5.41) is 12.8. The summed E-state index contributed by atoms with van der Waals surface area (Å²) in [7, 11) is -1.68. The van der Waals surface area contributed by atoms with E-state index < -0.39 is 8.07 Å². The second-order valence-corrected chi connectivity index (χ2v) is 21.8. The van der Waals surface area contributed by atoms with Crippen molar-refractivity contribution in [3.05, 3.63) is 102 Å². The summed E-state index contributed by atoms with van der Waals surface area (Å²) in [6.45, 7) is 23.5. The molecule has 1 fully saturated rings. The minimum Gasteiger partial charge on any atom is -0.391 e. The monoisotopic (exact) mass is 687 g/mol. The lowest BCUT2D eigenvalue weighted by Crippen LogP contribution is -2.57. The Balaban J connectivity index is 1.57. The molecule has 3 aromatic rings. The van der Waals surface area contributed by atoms with Gasteiger partial charge in [0.25, 0.3) is 0 Å². The summed E-state index contributed by atoms with van der Waals surface area (Å²) < 4.78 is 4.95. The molecule has 1 aromatic carbocycles. The number of hydrogen-bond acceptors (Lipinski definition) is 2. The number of pyridine rings is 2. The Morgan fingerprint density at radius 1 is 1.04 bits per heavy atom. The summed E-state index contributed by atoms with van der Waals surface area (Å²) in [6, 6.07) is 16.5. The fourth-order valence-corrected chi connectivity index (χ4v) is 11.0. The van der Waals surface area contributed by atoms with E-state index in [1.807, 2.05) is 6.92 Å². The number of benzene rings is 1. The van der Waals surface area contributed by atoms with E-state index in [0.29, 0.717) is 5.92 Å². The van der Waals surface area contributed by atoms with Gasteiger partial charge in [-0.05, 0) is 93.7 Å². The quantitative estimate of drug-likeness (QED) is 0.136. The average molecular weight is 688 g/mol. The first-order chi connectivity index (χ1) is 23.9. The summed E-state index contributed by atoms with van der Waals surface area (Å²) in [5.74, 6) is 1.44. The van der Waals surface area contributed by atoms with Gasteiger partial charge in [0.1, 0.15) is 0 Å². The maximum Gasteiger partial charge on any atom is 0.249 e. The number of allylic oxidation sites excluding steroid dienone is 3. The lowest BCUT2D eigenvalue weighted by molar-refractivity contribution is -0.728. The van der Waals surface area contributed by atoms with Gasteiger partial charge in [-0.25, -0.2) is 0 Å². The van der Waals surface area contributed by atoms with Crippen molar-refractivity contribution in [1.82, 2.24) is 0 Å². The van der Waals surface area contributed by atoms with Crippen LogP contribution >= 0.6 is 0 Å². The first-order valence-corrected chi connectivity index (χ1v) is 22.8. The molecule has 2 aliphatic heterocycles. The first kappa shape index (κ1) is 36.4. The predicted octanol–water partition coefficient (Wildman–Crippen LogP) is 9.49. The minimum absolute atomic E-state index is 0.00689. The van der Waals surface area contributed by atoms with Crippen molar-refractivity contribution in [3.8, 4) is 11.3 Å². The Morgan fingerprint density at radius 3 is 2.46 bits per heavy atom. The van der Waals surface area contributed by atoms with Crippen LogP contribution in [0.3, 0.4) is 0 Å². The second kappa shape index (κ2) is 15.1. The molecule has 1 aliphatic carbocycles. The molecule has 1 saturated carbocycles. The second-order valence-electron chi connectivity index (χ2n) is 16.7. The Bertz CT molecular complexity index is 1840. The summed E-state index contributed by atoms with van der Waals surface area (Å²) in [6.07, 6.45) is 18.1. The van der Waals surface area contributed by atoms with E-state index >= 15 is 0 Å². The molecule has 3 aliphatic rings. The van der Waals surface area contributed by atoms with E-state index in [4.69, 9.17) is 11.6 Å². The molecule has 4 nitrogen and oxygen atoms in total. The maximum atomic E-state index is 11.3. The van der Waals surface area contributed by atoms with Gasteiger partial charge in [0.05, 0.1) is 26.6 Å². The summed E-state index contributed by atoms with van der Waals surface area (Å²) in [5.41, 5.74) is 12.5. The van der Waals surface area contributed by atoms with Gasteiger partial charge in [-0.3, -0.25) is 4.99 Å². The number of aliphatic hydroxyl groups is 1. The van der Waals surface area contributed by atoms with Gasteiger partial charge in [-0.1, -0.05) is 89.0 Å². The molecule has 0 radical (unpaired) electrons. The highest BCUT2D eigenvalue weighted by Gasteiger charge is 2.48. The van der Waals surface area contributed by atoms with Gasteiger partial charge in [-0.2, -0.15) is 9.13 Å². The SMILES string of the molecule is C=C1C2C(CC/C(CC(C)N=C(C)/C=C\C)=C(/CO)c3cc(CC4CCCC4)cc[n+]31)c1ccccc1-c1cc(C(C)C)c([Si](C)(C)C)c[n+]12. The highest BCUT2D eigenvalue weighted by atomic mass is 28.3. The number of fused-ring (bicyclic) bond motifs is 7. The Labute approximate surface area is 303 Å². The van der Waals surface area contributed by atoms with Crippen molar-refractivity contribution in [3.63, 3.8) is 0 Å². The normalized spacial score (nSPS) is 22.1. The molecule has 50 heavy (non-hydrogen) atoms. The molecule has 0 spiro atoms. The van der Waals surface area contributed by atoms with Crippen LogP contribution in [-0.4, -0.2) is 31.5 Å². The van der Waals surface area contributed by atoms with E-state index in [-0.39, 0.29) is 24.6 Å². The number of aromatic nitrogens is 2. The van der Waals surface area contributed by atoms with E-state index in [1.54, 1.807) is 0 Å². The molecular formula is C45H61N3OSi+2. The molecule has 1 N–H and O–H groups in total. The van der Waals surface area contributed by atoms with Crippen molar-refractivity contribution in [1.29, 1.82) is 0 Å². The lowest BCUT2D eigenvalue weighted by atomic mass is 9.78. The lowest BCUT2D eigenvalue weighted by Gasteiger charge is -2.32. The van der Waals surface area contributed by atoms with Crippen molar-refractivity contribution >= 4 is 30.2 Å². The number of hydrogen-bond donors (Lipinski definition) is 1. The average Bonchev–Trinajstić information content (AvgIpc) is 3.59. The first-order valence-electron chi connectivity index (χ1n) is 19.3. The Morgan fingerprint density at radius 2 is 1.78 bits per heavy atom. The molecule has 3 unspecified atom stereocenters. The van der Waals surface area contributed by atoms with Crippen LogP contribution in [0.4, 0.5) is 0 Å². The number of rotatable bonds is 9.